The maximum absolute atomic E-state index is 12.4. The van der Waals surface area contributed by atoms with Crippen LogP contribution in [0.15, 0.2) is 35.3 Å². The quantitative estimate of drug-likeness (QED) is 0.876. The molecule has 0 fully saturated rings. The number of ether oxygens (including phenoxy) is 1. The number of methoxy groups -OCH3 is 1. The van der Waals surface area contributed by atoms with Gasteiger partial charge >= 0.3 is 0 Å². The average molecular weight is 275 g/mol. The standard InChI is InChI=1S/C15H21N3O2/c1-14(2,3)17-13-16-12(19)15(18-13,10-20-4)11-8-6-5-7-9-11/h5-9H,10H2,1-4H3,(H2,16,17,18,19). The van der Waals surface area contributed by atoms with Crippen LogP contribution in [-0.2, 0) is 15.1 Å². The van der Waals surface area contributed by atoms with Gasteiger partial charge in [-0.2, -0.15) is 0 Å². The molecule has 0 saturated heterocycles. The second-order valence-corrected chi connectivity index (χ2v) is 5.95. The van der Waals surface area contributed by atoms with Gasteiger partial charge in [0.15, 0.2) is 11.5 Å². The number of carbonyl (C=O) groups is 1. The zero-order valence-corrected chi connectivity index (χ0v) is 12.4. The maximum atomic E-state index is 12.4. The number of rotatable bonds is 3. The van der Waals surface area contributed by atoms with Gasteiger partial charge in [0.25, 0.3) is 5.91 Å². The first-order chi connectivity index (χ1) is 9.37. The molecule has 2 N–H and O–H groups in total. The number of amides is 1. The Morgan fingerprint density at radius 2 is 1.95 bits per heavy atom. The zero-order chi connectivity index (χ0) is 14.8. The van der Waals surface area contributed by atoms with Crippen molar-refractivity contribution in [2.75, 3.05) is 13.7 Å². The van der Waals surface area contributed by atoms with Crippen LogP contribution in [0.2, 0.25) is 0 Å². The molecule has 1 aromatic carbocycles. The summed E-state index contributed by atoms with van der Waals surface area (Å²) in [6.07, 6.45) is 0. The number of benzene rings is 1. The fourth-order valence-electron chi connectivity index (χ4n) is 2.19. The first-order valence-electron chi connectivity index (χ1n) is 6.61. The first-order valence-corrected chi connectivity index (χ1v) is 6.61. The van der Waals surface area contributed by atoms with Crippen molar-refractivity contribution in [3.8, 4) is 0 Å². The Morgan fingerprint density at radius 3 is 2.50 bits per heavy atom. The van der Waals surface area contributed by atoms with E-state index >= 15 is 0 Å². The Bertz CT molecular complexity index is 520. The Labute approximate surface area is 119 Å². The molecular formula is C15H21N3O2. The van der Waals surface area contributed by atoms with Crippen LogP contribution in [0.4, 0.5) is 0 Å². The van der Waals surface area contributed by atoms with Gasteiger partial charge < -0.3 is 10.1 Å². The van der Waals surface area contributed by atoms with Crippen LogP contribution < -0.4 is 10.6 Å². The van der Waals surface area contributed by atoms with Crippen LogP contribution >= 0.6 is 0 Å². The summed E-state index contributed by atoms with van der Waals surface area (Å²) in [4.78, 5) is 17.0. The van der Waals surface area contributed by atoms with Crippen LogP contribution in [-0.4, -0.2) is 31.1 Å². The van der Waals surface area contributed by atoms with Crippen molar-refractivity contribution in [1.29, 1.82) is 0 Å². The maximum Gasteiger partial charge on any atom is 0.261 e. The fourth-order valence-corrected chi connectivity index (χ4v) is 2.19. The number of nitrogens with one attached hydrogen (secondary N) is 2. The number of carbonyl (C=O) groups excluding carboxylic acids is 1. The Balaban J connectivity index is 2.40. The predicted molar refractivity (Wildman–Crippen MR) is 78.5 cm³/mol. The van der Waals surface area contributed by atoms with Crippen molar-refractivity contribution in [2.24, 2.45) is 4.99 Å². The van der Waals surface area contributed by atoms with Gasteiger partial charge in [-0.3, -0.25) is 10.1 Å². The normalized spacial score (nSPS) is 22.4. The van der Waals surface area contributed by atoms with Crippen molar-refractivity contribution in [3.63, 3.8) is 0 Å². The Hall–Kier alpha value is -1.88. The average Bonchev–Trinajstić information content (AvgIpc) is 2.66. The molecule has 1 aliphatic rings. The summed E-state index contributed by atoms with van der Waals surface area (Å²) in [5.41, 5.74) is -0.361. The summed E-state index contributed by atoms with van der Waals surface area (Å²) < 4.78 is 5.24. The van der Waals surface area contributed by atoms with Gasteiger partial charge in [0.1, 0.15) is 0 Å². The van der Waals surface area contributed by atoms with E-state index < -0.39 is 5.54 Å². The van der Waals surface area contributed by atoms with E-state index in [4.69, 9.17) is 4.74 Å². The number of nitrogens with zero attached hydrogens (tertiary/aromatic N) is 1. The highest BCUT2D eigenvalue weighted by atomic mass is 16.5. The Morgan fingerprint density at radius 1 is 1.30 bits per heavy atom. The fraction of sp³-hybridized carbons (Fsp3) is 0.467. The molecule has 1 atom stereocenters. The minimum atomic E-state index is -1.01. The topological polar surface area (TPSA) is 62.7 Å². The largest absolute Gasteiger partial charge is 0.381 e. The lowest BCUT2D eigenvalue weighted by Crippen LogP contribution is -2.47. The summed E-state index contributed by atoms with van der Waals surface area (Å²) in [5, 5.41) is 6.00. The van der Waals surface area contributed by atoms with E-state index in [1.54, 1.807) is 7.11 Å². The van der Waals surface area contributed by atoms with E-state index in [2.05, 4.69) is 15.6 Å². The lowest BCUT2D eigenvalue weighted by molar-refractivity contribution is -0.125. The number of guanidine groups is 1. The van der Waals surface area contributed by atoms with Gasteiger partial charge in [0.05, 0.1) is 6.61 Å². The lowest BCUT2D eigenvalue weighted by atomic mass is 9.91. The summed E-state index contributed by atoms with van der Waals surface area (Å²) in [6, 6.07) is 9.48. The van der Waals surface area contributed by atoms with E-state index in [0.717, 1.165) is 5.56 Å². The summed E-state index contributed by atoms with van der Waals surface area (Å²) >= 11 is 0. The molecule has 0 spiro atoms. The van der Waals surface area contributed by atoms with Gasteiger partial charge in [-0.1, -0.05) is 30.3 Å². The molecule has 1 amide bonds. The van der Waals surface area contributed by atoms with Gasteiger partial charge in [0, 0.05) is 12.6 Å². The van der Waals surface area contributed by atoms with Crippen LogP contribution in [0, 0.1) is 0 Å². The minimum absolute atomic E-state index is 0.169. The van der Waals surface area contributed by atoms with Crippen molar-refractivity contribution in [3.05, 3.63) is 35.9 Å². The summed E-state index contributed by atoms with van der Waals surface area (Å²) in [6.45, 7) is 6.25. The summed E-state index contributed by atoms with van der Waals surface area (Å²) in [7, 11) is 1.57. The smallest absolute Gasteiger partial charge is 0.261 e. The van der Waals surface area contributed by atoms with Crippen LogP contribution in [0.3, 0.4) is 0 Å². The summed E-state index contributed by atoms with van der Waals surface area (Å²) in [5.74, 6) is 0.320. The molecule has 108 valence electrons. The van der Waals surface area contributed by atoms with Crippen LogP contribution in [0.25, 0.3) is 0 Å². The number of hydrogen-bond donors (Lipinski definition) is 2. The van der Waals surface area contributed by atoms with Crippen molar-refractivity contribution >= 4 is 11.9 Å². The molecule has 5 nitrogen and oxygen atoms in total. The third-order valence-corrected chi connectivity index (χ3v) is 3.01. The molecule has 1 aromatic rings. The van der Waals surface area contributed by atoms with Crippen LogP contribution in [0.1, 0.15) is 26.3 Å². The van der Waals surface area contributed by atoms with Gasteiger partial charge in [-0.25, -0.2) is 4.99 Å². The molecule has 1 heterocycles. The first kappa shape index (κ1) is 14.5. The molecule has 2 rings (SSSR count). The third kappa shape index (κ3) is 2.82. The second-order valence-electron chi connectivity index (χ2n) is 5.95. The van der Waals surface area contributed by atoms with E-state index in [9.17, 15) is 4.79 Å². The van der Waals surface area contributed by atoms with Gasteiger partial charge in [0.2, 0.25) is 0 Å². The minimum Gasteiger partial charge on any atom is -0.381 e. The van der Waals surface area contributed by atoms with E-state index in [0.29, 0.717) is 5.96 Å². The SMILES string of the molecule is COCC1(c2ccccc2)N=C(NC(C)(C)C)NC1=O. The van der Waals surface area contributed by atoms with Crippen molar-refractivity contribution < 1.29 is 9.53 Å². The molecule has 0 bridgehead atoms. The molecule has 0 saturated carbocycles. The molecule has 0 aromatic heterocycles. The molecular weight excluding hydrogens is 254 g/mol. The highest BCUT2D eigenvalue weighted by Crippen LogP contribution is 2.30. The predicted octanol–water partition coefficient (Wildman–Crippen LogP) is 1.40. The zero-order valence-electron chi connectivity index (χ0n) is 12.4. The Kier molecular flexibility index (Phi) is 3.81. The lowest BCUT2D eigenvalue weighted by Gasteiger charge is -2.22. The van der Waals surface area contributed by atoms with Gasteiger partial charge in [-0.05, 0) is 26.3 Å². The van der Waals surface area contributed by atoms with E-state index in [1.807, 2.05) is 51.1 Å². The molecule has 0 aliphatic carbocycles. The monoisotopic (exact) mass is 275 g/mol. The molecule has 5 heteroatoms. The second kappa shape index (κ2) is 5.25. The molecule has 20 heavy (non-hydrogen) atoms. The number of hydrogen-bond acceptors (Lipinski definition) is 4. The molecule has 1 aliphatic heterocycles. The molecule has 0 radical (unpaired) electrons. The van der Waals surface area contributed by atoms with Crippen molar-refractivity contribution in [2.45, 2.75) is 31.8 Å². The highest BCUT2D eigenvalue weighted by molar-refractivity contribution is 6.08. The van der Waals surface area contributed by atoms with Crippen molar-refractivity contribution in [1.82, 2.24) is 10.6 Å². The van der Waals surface area contributed by atoms with Gasteiger partial charge in [-0.15, -0.1) is 0 Å². The van der Waals surface area contributed by atoms with Crippen LogP contribution in [0.5, 0.6) is 0 Å². The number of aliphatic imine (C=N–C) groups is 1. The molecule has 1 unspecified atom stereocenters. The highest BCUT2D eigenvalue weighted by Gasteiger charge is 2.46. The third-order valence-electron chi connectivity index (χ3n) is 3.01. The van der Waals surface area contributed by atoms with E-state index in [-0.39, 0.29) is 18.1 Å². The van der Waals surface area contributed by atoms with E-state index in [1.165, 1.54) is 0 Å².